The van der Waals surface area contributed by atoms with Crippen molar-refractivity contribution in [3.63, 3.8) is 0 Å². The van der Waals surface area contributed by atoms with E-state index in [4.69, 9.17) is 5.73 Å². The largest absolute Gasteiger partial charge is 0.364 e. The maximum absolute atomic E-state index is 12.8. The van der Waals surface area contributed by atoms with E-state index in [1.165, 1.54) is 27.3 Å². The summed E-state index contributed by atoms with van der Waals surface area (Å²) in [5.41, 5.74) is 6.06. The number of aromatic nitrogens is 3. The number of fused-ring (bicyclic) bond motifs is 1. The van der Waals surface area contributed by atoms with Crippen LogP contribution in [0.15, 0.2) is 29.4 Å². The van der Waals surface area contributed by atoms with Crippen molar-refractivity contribution in [1.29, 1.82) is 0 Å². The number of sulfonamides is 1. The van der Waals surface area contributed by atoms with Crippen molar-refractivity contribution in [2.24, 2.45) is 12.8 Å². The van der Waals surface area contributed by atoms with Gasteiger partial charge in [0.1, 0.15) is 11.5 Å². The van der Waals surface area contributed by atoms with Gasteiger partial charge in [0.2, 0.25) is 0 Å². The Morgan fingerprint density at radius 2 is 2.09 bits per heavy atom. The van der Waals surface area contributed by atoms with Crippen LogP contribution < -0.4 is 10.0 Å². The van der Waals surface area contributed by atoms with Crippen LogP contribution in [0.4, 0.5) is 5.82 Å². The molecule has 1 amide bonds. The van der Waals surface area contributed by atoms with Crippen LogP contribution in [0.1, 0.15) is 22.5 Å². The zero-order valence-electron chi connectivity index (χ0n) is 11.9. The fourth-order valence-corrected chi connectivity index (χ4v) is 4.10. The molecule has 0 aliphatic carbocycles. The van der Waals surface area contributed by atoms with Gasteiger partial charge in [-0.15, -0.1) is 0 Å². The number of primary amides is 1. The van der Waals surface area contributed by atoms with Gasteiger partial charge >= 0.3 is 0 Å². The number of aryl methyl sites for hydroxylation is 2. The molecular formula is C13H15N5O3S. The maximum atomic E-state index is 12.8. The molecule has 0 unspecified atom stereocenters. The normalized spacial score (nSPS) is 14.7. The van der Waals surface area contributed by atoms with Gasteiger partial charge in [0.25, 0.3) is 15.9 Å². The summed E-state index contributed by atoms with van der Waals surface area (Å²) in [5, 5.41) is 3.97. The number of amides is 1. The molecule has 3 heterocycles. The van der Waals surface area contributed by atoms with Crippen molar-refractivity contribution >= 4 is 21.7 Å². The number of nitrogens with two attached hydrogens (primary N) is 1. The van der Waals surface area contributed by atoms with Crippen molar-refractivity contribution in [2.45, 2.75) is 17.9 Å². The van der Waals surface area contributed by atoms with Gasteiger partial charge in [-0.25, -0.2) is 9.29 Å². The van der Waals surface area contributed by atoms with Crippen LogP contribution in [0.3, 0.4) is 0 Å². The molecule has 2 N–H and O–H groups in total. The second-order valence-corrected chi connectivity index (χ2v) is 6.83. The number of carbonyl (C=O) groups excluding carboxylic acids is 1. The molecule has 22 heavy (non-hydrogen) atoms. The van der Waals surface area contributed by atoms with Gasteiger partial charge in [0, 0.05) is 13.6 Å². The Kier molecular flexibility index (Phi) is 3.36. The lowest BCUT2D eigenvalue weighted by Crippen LogP contribution is -2.37. The van der Waals surface area contributed by atoms with Gasteiger partial charge in [-0.2, -0.15) is 13.5 Å². The molecule has 2 aromatic rings. The molecule has 116 valence electrons. The second kappa shape index (κ2) is 5.09. The Balaban J connectivity index is 2.14. The quantitative estimate of drug-likeness (QED) is 0.859. The molecule has 1 aliphatic heterocycles. The van der Waals surface area contributed by atoms with Gasteiger partial charge in [-0.3, -0.25) is 9.48 Å². The lowest BCUT2D eigenvalue weighted by Gasteiger charge is -2.29. The SMILES string of the molecule is Cn1nccc1S(=O)(=O)N1CCCc2ccc(C(N)=O)nc21. The van der Waals surface area contributed by atoms with Gasteiger partial charge < -0.3 is 5.73 Å². The van der Waals surface area contributed by atoms with Crippen LogP contribution >= 0.6 is 0 Å². The zero-order chi connectivity index (χ0) is 15.9. The summed E-state index contributed by atoms with van der Waals surface area (Å²) in [6.45, 7) is 0.301. The van der Waals surface area contributed by atoms with Crippen LogP contribution in [0, 0.1) is 0 Å². The molecule has 0 atom stereocenters. The lowest BCUT2D eigenvalue weighted by atomic mass is 10.1. The minimum atomic E-state index is -3.79. The monoisotopic (exact) mass is 321 g/mol. The Bertz CT molecular complexity index is 843. The highest BCUT2D eigenvalue weighted by Gasteiger charge is 2.32. The summed E-state index contributed by atoms with van der Waals surface area (Å²) in [6, 6.07) is 4.65. The van der Waals surface area contributed by atoms with Gasteiger partial charge in [-0.1, -0.05) is 6.07 Å². The number of anilines is 1. The fourth-order valence-electron chi connectivity index (χ4n) is 2.51. The first-order valence-electron chi connectivity index (χ1n) is 6.72. The fraction of sp³-hybridized carbons (Fsp3) is 0.308. The van der Waals surface area contributed by atoms with Crippen molar-refractivity contribution in [1.82, 2.24) is 14.8 Å². The number of carbonyl (C=O) groups is 1. The predicted octanol–water partition coefficient (Wildman–Crippen LogP) is 0.0555. The Hall–Kier alpha value is -2.42. The number of hydrogen-bond acceptors (Lipinski definition) is 5. The Labute approximate surface area is 127 Å². The highest BCUT2D eigenvalue weighted by atomic mass is 32.2. The molecule has 0 bridgehead atoms. The van der Waals surface area contributed by atoms with Crippen molar-refractivity contribution in [3.05, 3.63) is 35.7 Å². The molecule has 0 aromatic carbocycles. The highest BCUT2D eigenvalue weighted by Crippen LogP contribution is 2.30. The van der Waals surface area contributed by atoms with E-state index >= 15 is 0 Å². The summed E-state index contributed by atoms with van der Waals surface area (Å²) in [4.78, 5) is 15.4. The zero-order valence-corrected chi connectivity index (χ0v) is 12.7. The van der Waals surface area contributed by atoms with Crippen molar-refractivity contribution in [3.8, 4) is 0 Å². The summed E-state index contributed by atoms with van der Waals surface area (Å²) in [7, 11) is -2.23. The van der Waals surface area contributed by atoms with E-state index in [2.05, 4.69) is 10.1 Å². The third-order valence-electron chi connectivity index (χ3n) is 3.58. The second-order valence-electron chi connectivity index (χ2n) is 5.02. The molecule has 0 saturated heterocycles. The summed E-state index contributed by atoms with van der Waals surface area (Å²) >= 11 is 0. The van der Waals surface area contributed by atoms with Crippen LogP contribution in [0.2, 0.25) is 0 Å². The van der Waals surface area contributed by atoms with Gasteiger partial charge in [-0.05, 0) is 30.5 Å². The van der Waals surface area contributed by atoms with Crippen molar-refractivity contribution in [2.75, 3.05) is 10.8 Å². The van der Waals surface area contributed by atoms with E-state index in [0.717, 1.165) is 5.56 Å². The Morgan fingerprint density at radius 3 is 2.73 bits per heavy atom. The molecule has 9 heteroatoms. The van der Waals surface area contributed by atoms with E-state index in [-0.39, 0.29) is 16.5 Å². The number of hydrogen-bond donors (Lipinski definition) is 1. The van der Waals surface area contributed by atoms with Crippen LogP contribution in [0.5, 0.6) is 0 Å². The van der Waals surface area contributed by atoms with E-state index in [1.807, 2.05) is 0 Å². The van der Waals surface area contributed by atoms with Gasteiger partial charge in [0.05, 0.1) is 6.20 Å². The average molecular weight is 321 g/mol. The first-order valence-corrected chi connectivity index (χ1v) is 8.16. The van der Waals surface area contributed by atoms with Crippen LogP contribution in [0.25, 0.3) is 0 Å². The minimum Gasteiger partial charge on any atom is -0.364 e. The minimum absolute atomic E-state index is 0.0471. The molecular weight excluding hydrogens is 306 g/mol. The first-order chi connectivity index (χ1) is 10.4. The van der Waals surface area contributed by atoms with Crippen LogP contribution in [-0.4, -0.2) is 35.6 Å². The van der Waals surface area contributed by atoms with E-state index in [9.17, 15) is 13.2 Å². The van der Waals surface area contributed by atoms with E-state index in [0.29, 0.717) is 19.4 Å². The third kappa shape index (κ3) is 2.23. The summed E-state index contributed by atoms with van der Waals surface area (Å²) < 4.78 is 28.2. The molecule has 0 spiro atoms. The van der Waals surface area contributed by atoms with Crippen molar-refractivity contribution < 1.29 is 13.2 Å². The first kappa shape index (κ1) is 14.5. The number of nitrogens with zero attached hydrogens (tertiary/aromatic N) is 4. The summed E-state index contributed by atoms with van der Waals surface area (Å²) in [6.07, 6.45) is 2.81. The standard InChI is InChI=1S/C13H15N5O3S/c1-17-11(6-7-15-17)22(20,21)18-8-2-3-9-4-5-10(12(14)19)16-13(9)18/h4-7H,2-3,8H2,1H3,(H2,14,19). The third-order valence-corrected chi connectivity index (χ3v) is 5.45. The molecule has 2 aromatic heterocycles. The molecule has 0 saturated carbocycles. The number of rotatable bonds is 3. The van der Waals surface area contributed by atoms with Gasteiger partial charge in [0.15, 0.2) is 5.03 Å². The molecule has 0 fully saturated rings. The average Bonchev–Trinajstić information content (AvgIpc) is 2.92. The van der Waals surface area contributed by atoms with E-state index < -0.39 is 15.9 Å². The van der Waals surface area contributed by atoms with E-state index in [1.54, 1.807) is 13.1 Å². The summed E-state index contributed by atoms with van der Waals surface area (Å²) in [5.74, 6) is -0.421. The lowest BCUT2D eigenvalue weighted by molar-refractivity contribution is 0.0995. The molecule has 1 aliphatic rings. The predicted molar refractivity (Wildman–Crippen MR) is 78.8 cm³/mol. The van der Waals surface area contributed by atoms with Crippen LogP contribution in [-0.2, 0) is 23.5 Å². The Morgan fingerprint density at radius 1 is 1.32 bits per heavy atom. The smallest absolute Gasteiger partial charge is 0.282 e. The number of pyridine rings is 1. The maximum Gasteiger partial charge on any atom is 0.282 e. The topological polar surface area (TPSA) is 111 Å². The molecule has 0 radical (unpaired) electrons. The highest BCUT2D eigenvalue weighted by molar-refractivity contribution is 7.92. The molecule has 3 rings (SSSR count). The molecule has 8 nitrogen and oxygen atoms in total.